The van der Waals surface area contributed by atoms with Crippen molar-refractivity contribution in [3.63, 3.8) is 0 Å². The number of anilines is 1. The Bertz CT molecular complexity index is 1330. The fourth-order valence-corrected chi connectivity index (χ4v) is 4.99. The molecule has 0 saturated heterocycles. The molecule has 2 N–H and O–H groups in total. The van der Waals surface area contributed by atoms with Gasteiger partial charge in [0.15, 0.2) is 11.5 Å². The fourth-order valence-electron chi connectivity index (χ4n) is 4.99. The molecule has 3 amide bonds. The number of hydrogen-bond acceptors (Lipinski definition) is 5. The van der Waals surface area contributed by atoms with E-state index in [1.807, 2.05) is 6.07 Å². The van der Waals surface area contributed by atoms with E-state index in [0.29, 0.717) is 28.3 Å². The summed E-state index contributed by atoms with van der Waals surface area (Å²) in [4.78, 5) is 42.1. The number of nitrogens with zero attached hydrogens (tertiary/aromatic N) is 1. The molecule has 2 aliphatic rings. The van der Waals surface area contributed by atoms with Gasteiger partial charge in [0.25, 0.3) is 0 Å². The second-order valence-electron chi connectivity index (χ2n) is 9.74. The number of benzene rings is 3. The molecule has 1 aliphatic carbocycles. The van der Waals surface area contributed by atoms with Crippen molar-refractivity contribution < 1.29 is 28.2 Å². The monoisotopic (exact) mass is 531 g/mol. The molecular formula is C30H30FN3O5. The van der Waals surface area contributed by atoms with Crippen LogP contribution in [0.15, 0.2) is 72.8 Å². The van der Waals surface area contributed by atoms with E-state index in [-0.39, 0.29) is 25.3 Å². The molecule has 0 unspecified atom stereocenters. The lowest BCUT2D eigenvalue weighted by atomic mass is 9.94. The van der Waals surface area contributed by atoms with Gasteiger partial charge in [-0.05, 0) is 48.2 Å². The van der Waals surface area contributed by atoms with E-state index >= 15 is 0 Å². The Labute approximate surface area is 226 Å². The van der Waals surface area contributed by atoms with Crippen LogP contribution in [0.4, 0.5) is 10.1 Å². The quantitative estimate of drug-likeness (QED) is 0.431. The zero-order valence-electron chi connectivity index (χ0n) is 21.4. The predicted molar refractivity (Wildman–Crippen MR) is 142 cm³/mol. The van der Waals surface area contributed by atoms with Crippen molar-refractivity contribution in [2.75, 3.05) is 12.1 Å². The lowest BCUT2D eigenvalue weighted by Crippen LogP contribution is -2.49. The minimum absolute atomic E-state index is 0.00250. The van der Waals surface area contributed by atoms with Gasteiger partial charge in [-0.15, -0.1) is 0 Å². The second-order valence-corrected chi connectivity index (χ2v) is 9.74. The average Bonchev–Trinajstić information content (AvgIpc) is 3.42. The number of ether oxygens (including phenoxy) is 2. The van der Waals surface area contributed by atoms with Crippen LogP contribution < -0.4 is 20.1 Å². The lowest BCUT2D eigenvalue weighted by Gasteiger charge is -2.33. The third-order valence-electron chi connectivity index (χ3n) is 6.98. The van der Waals surface area contributed by atoms with Crippen molar-refractivity contribution >= 4 is 23.4 Å². The summed E-state index contributed by atoms with van der Waals surface area (Å²) >= 11 is 0. The molecule has 3 aromatic rings. The van der Waals surface area contributed by atoms with E-state index in [2.05, 4.69) is 10.6 Å². The molecule has 9 heteroatoms. The molecule has 202 valence electrons. The standard InChI is InChI=1S/C30H30FN3O5/c31-22-13-11-20(12-14-22)18-34(30(37)29(36)33-24-15-16-25-26(17-24)39-19-38-25)27(21-7-3-1-4-8-21)28(35)32-23-9-5-2-6-10-23/h1,3-4,7-8,11-17,23,27H,2,5-6,9-10,18-19H2,(H,32,35)(H,33,36)/t27-/m1/s1. The van der Waals surface area contributed by atoms with Crippen LogP contribution >= 0.6 is 0 Å². The molecule has 1 saturated carbocycles. The maximum absolute atomic E-state index is 13.8. The fraction of sp³-hybridized carbons (Fsp3) is 0.300. The molecule has 39 heavy (non-hydrogen) atoms. The van der Waals surface area contributed by atoms with Gasteiger partial charge in [-0.25, -0.2) is 4.39 Å². The molecule has 3 aromatic carbocycles. The molecule has 8 nitrogen and oxygen atoms in total. The summed E-state index contributed by atoms with van der Waals surface area (Å²) in [6, 6.07) is 18.3. The smallest absolute Gasteiger partial charge is 0.313 e. The first kappa shape index (κ1) is 26.2. The van der Waals surface area contributed by atoms with Crippen molar-refractivity contribution in [1.82, 2.24) is 10.2 Å². The molecule has 0 radical (unpaired) electrons. The Hall–Kier alpha value is -4.40. The summed E-state index contributed by atoms with van der Waals surface area (Å²) in [6.07, 6.45) is 4.91. The molecular weight excluding hydrogens is 501 g/mol. The van der Waals surface area contributed by atoms with Crippen LogP contribution in [-0.4, -0.2) is 35.5 Å². The highest BCUT2D eigenvalue weighted by atomic mass is 19.1. The largest absolute Gasteiger partial charge is 0.454 e. The molecule has 1 atom stereocenters. The SMILES string of the molecule is O=C(Nc1ccc2c(c1)OCO2)C(=O)N(Cc1ccc(F)cc1)[C@@H](C(=O)NC1CCCCC1)c1ccccc1. The van der Waals surface area contributed by atoms with E-state index in [1.165, 1.54) is 29.2 Å². The van der Waals surface area contributed by atoms with Crippen molar-refractivity contribution in [2.45, 2.75) is 50.7 Å². The molecule has 1 fully saturated rings. The molecule has 0 aromatic heterocycles. The van der Waals surface area contributed by atoms with E-state index in [1.54, 1.807) is 42.5 Å². The number of nitrogens with one attached hydrogen (secondary N) is 2. The van der Waals surface area contributed by atoms with Crippen molar-refractivity contribution in [2.24, 2.45) is 0 Å². The number of rotatable bonds is 7. The Morgan fingerprint density at radius 3 is 2.36 bits per heavy atom. The summed E-state index contributed by atoms with van der Waals surface area (Å²) < 4.78 is 24.3. The lowest BCUT2D eigenvalue weighted by molar-refractivity contribution is -0.148. The van der Waals surface area contributed by atoms with Crippen LogP contribution in [0.2, 0.25) is 0 Å². The van der Waals surface area contributed by atoms with E-state index in [9.17, 15) is 18.8 Å². The zero-order chi connectivity index (χ0) is 27.2. The van der Waals surface area contributed by atoms with Crippen LogP contribution in [-0.2, 0) is 20.9 Å². The van der Waals surface area contributed by atoms with Crippen LogP contribution in [0.25, 0.3) is 0 Å². The zero-order valence-corrected chi connectivity index (χ0v) is 21.4. The van der Waals surface area contributed by atoms with Gasteiger partial charge >= 0.3 is 11.8 Å². The Morgan fingerprint density at radius 1 is 0.897 bits per heavy atom. The second kappa shape index (κ2) is 12.0. The highest BCUT2D eigenvalue weighted by molar-refractivity contribution is 6.39. The third kappa shape index (κ3) is 6.37. The number of carbonyl (C=O) groups excluding carboxylic acids is 3. The Kier molecular flexibility index (Phi) is 8.05. The molecule has 0 bridgehead atoms. The Balaban J connectivity index is 1.45. The van der Waals surface area contributed by atoms with Gasteiger partial charge < -0.3 is 25.0 Å². The maximum Gasteiger partial charge on any atom is 0.313 e. The van der Waals surface area contributed by atoms with Gasteiger partial charge in [0.05, 0.1) is 0 Å². The first-order valence-electron chi connectivity index (χ1n) is 13.1. The van der Waals surface area contributed by atoms with Gasteiger partial charge in [0, 0.05) is 24.3 Å². The van der Waals surface area contributed by atoms with E-state index < -0.39 is 23.7 Å². The minimum Gasteiger partial charge on any atom is -0.454 e. The number of hydrogen-bond donors (Lipinski definition) is 2. The highest BCUT2D eigenvalue weighted by Crippen LogP contribution is 2.34. The first-order chi connectivity index (χ1) is 19.0. The first-order valence-corrected chi connectivity index (χ1v) is 13.1. The topological polar surface area (TPSA) is 97.0 Å². The van der Waals surface area contributed by atoms with Crippen molar-refractivity contribution in [3.05, 3.63) is 89.7 Å². The number of carbonyl (C=O) groups is 3. The molecule has 1 heterocycles. The summed E-state index contributed by atoms with van der Waals surface area (Å²) in [7, 11) is 0. The van der Waals surface area contributed by atoms with Crippen LogP contribution in [0.1, 0.15) is 49.3 Å². The summed E-state index contributed by atoms with van der Waals surface area (Å²) in [5.74, 6) is -1.60. The summed E-state index contributed by atoms with van der Waals surface area (Å²) in [6.45, 7) is -0.00269. The van der Waals surface area contributed by atoms with Gasteiger partial charge in [-0.3, -0.25) is 14.4 Å². The maximum atomic E-state index is 13.8. The van der Waals surface area contributed by atoms with Crippen LogP contribution in [0.5, 0.6) is 11.5 Å². The van der Waals surface area contributed by atoms with Crippen molar-refractivity contribution in [1.29, 1.82) is 0 Å². The van der Waals surface area contributed by atoms with Crippen LogP contribution in [0, 0.1) is 5.82 Å². The van der Waals surface area contributed by atoms with E-state index in [0.717, 1.165) is 32.1 Å². The average molecular weight is 532 g/mol. The normalized spacial score (nSPS) is 15.3. The Morgan fingerprint density at radius 2 is 1.62 bits per heavy atom. The van der Waals surface area contributed by atoms with Gasteiger partial charge in [0.1, 0.15) is 11.9 Å². The van der Waals surface area contributed by atoms with Gasteiger partial charge in [-0.1, -0.05) is 61.7 Å². The predicted octanol–water partition coefficient (Wildman–Crippen LogP) is 4.71. The number of amides is 3. The minimum atomic E-state index is -1.08. The molecule has 1 aliphatic heterocycles. The van der Waals surface area contributed by atoms with E-state index in [4.69, 9.17) is 9.47 Å². The third-order valence-corrected chi connectivity index (χ3v) is 6.98. The van der Waals surface area contributed by atoms with Crippen LogP contribution in [0.3, 0.4) is 0 Å². The van der Waals surface area contributed by atoms with Crippen molar-refractivity contribution in [3.8, 4) is 11.5 Å². The molecule has 0 spiro atoms. The molecule has 5 rings (SSSR count). The highest BCUT2D eigenvalue weighted by Gasteiger charge is 2.36. The summed E-state index contributed by atoms with van der Waals surface area (Å²) in [5, 5.41) is 5.73. The summed E-state index contributed by atoms with van der Waals surface area (Å²) in [5.41, 5.74) is 1.49. The van der Waals surface area contributed by atoms with Gasteiger partial charge in [-0.2, -0.15) is 0 Å². The number of fused-ring (bicyclic) bond motifs is 1. The van der Waals surface area contributed by atoms with Gasteiger partial charge in [0.2, 0.25) is 12.7 Å². The number of halogens is 1.